The highest BCUT2D eigenvalue weighted by Crippen LogP contribution is 2.27. The number of amides is 1. The second-order valence-corrected chi connectivity index (χ2v) is 9.14. The minimum absolute atomic E-state index is 0.00918. The van der Waals surface area contributed by atoms with Crippen LogP contribution >= 0.6 is 0 Å². The van der Waals surface area contributed by atoms with Gasteiger partial charge in [0.25, 0.3) is 5.91 Å². The Hall–Kier alpha value is -1.40. The Morgan fingerprint density at radius 1 is 1.08 bits per heavy atom. The number of carbonyl (C=O) groups is 1. The van der Waals surface area contributed by atoms with Crippen LogP contribution in [0.25, 0.3) is 0 Å². The van der Waals surface area contributed by atoms with Crippen molar-refractivity contribution in [3.8, 4) is 0 Å². The molecule has 132 valence electrons. The molecule has 0 aromatic heterocycles. The summed E-state index contributed by atoms with van der Waals surface area (Å²) in [6, 6.07) is 7.83. The van der Waals surface area contributed by atoms with Gasteiger partial charge in [-0.3, -0.25) is 4.79 Å². The normalized spacial score (nSPS) is 20.0. The molecule has 1 aromatic rings. The van der Waals surface area contributed by atoms with Crippen molar-refractivity contribution in [1.29, 1.82) is 0 Å². The van der Waals surface area contributed by atoms with E-state index < -0.39 is 10.0 Å². The summed E-state index contributed by atoms with van der Waals surface area (Å²) in [5, 5.41) is 2.98. The van der Waals surface area contributed by atoms with Crippen LogP contribution in [0.2, 0.25) is 0 Å². The third-order valence-electron chi connectivity index (χ3n) is 5.03. The summed E-state index contributed by atoms with van der Waals surface area (Å²) in [6.45, 7) is 2.02. The van der Waals surface area contributed by atoms with Gasteiger partial charge < -0.3 is 5.32 Å². The molecular weight excluding hydrogens is 324 g/mol. The lowest BCUT2D eigenvalue weighted by atomic mass is 9.91. The van der Waals surface area contributed by atoms with Crippen LogP contribution in [0.1, 0.15) is 41.6 Å². The summed E-state index contributed by atoms with van der Waals surface area (Å²) in [5.41, 5.74) is 1.93. The average molecular weight is 350 g/mol. The smallest absolute Gasteiger partial charge is 0.251 e. The standard InChI is InChI=1S/C18H26N2O3S/c1-24(22,23)20-10-8-15(9-11-20)12-14-4-6-17(7-5-14)18(21)19-13-16-2-3-16/h4-7,15-16H,2-3,8-13H2,1H3,(H,19,21). The maximum absolute atomic E-state index is 12.0. The molecule has 1 heterocycles. The fourth-order valence-electron chi connectivity index (χ4n) is 3.23. The average Bonchev–Trinajstić information content (AvgIpc) is 3.37. The zero-order valence-electron chi connectivity index (χ0n) is 14.2. The lowest BCUT2D eigenvalue weighted by molar-refractivity contribution is 0.0952. The minimum atomic E-state index is -3.06. The third kappa shape index (κ3) is 4.80. The first-order valence-corrected chi connectivity index (χ1v) is 10.6. The van der Waals surface area contributed by atoms with Crippen LogP contribution in [0.4, 0.5) is 0 Å². The predicted octanol–water partition coefficient (Wildman–Crippen LogP) is 2.04. The summed E-state index contributed by atoms with van der Waals surface area (Å²) >= 11 is 0. The quantitative estimate of drug-likeness (QED) is 0.854. The van der Waals surface area contributed by atoms with Gasteiger partial charge in [0.1, 0.15) is 0 Å². The van der Waals surface area contributed by atoms with E-state index in [0.29, 0.717) is 30.5 Å². The minimum Gasteiger partial charge on any atom is -0.352 e. The number of nitrogens with one attached hydrogen (secondary N) is 1. The number of nitrogens with zero attached hydrogens (tertiary/aromatic N) is 1. The first-order valence-electron chi connectivity index (χ1n) is 8.74. The molecule has 6 heteroatoms. The maximum Gasteiger partial charge on any atom is 0.251 e. The Balaban J connectivity index is 1.48. The first kappa shape index (κ1) is 17.4. The molecule has 0 atom stereocenters. The van der Waals surface area contributed by atoms with Gasteiger partial charge >= 0.3 is 0 Å². The number of rotatable bonds is 6. The Morgan fingerprint density at radius 2 is 1.71 bits per heavy atom. The molecule has 1 aliphatic carbocycles. The van der Waals surface area contributed by atoms with E-state index in [9.17, 15) is 13.2 Å². The predicted molar refractivity (Wildman–Crippen MR) is 94.3 cm³/mol. The number of sulfonamides is 1. The molecule has 0 unspecified atom stereocenters. The highest BCUT2D eigenvalue weighted by atomic mass is 32.2. The second kappa shape index (κ2) is 7.23. The summed E-state index contributed by atoms with van der Waals surface area (Å²) in [7, 11) is -3.06. The molecule has 1 aromatic carbocycles. The molecule has 0 spiro atoms. The van der Waals surface area contributed by atoms with E-state index in [1.165, 1.54) is 24.7 Å². The molecule has 2 fully saturated rings. The van der Waals surface area contributed by atoms with E-state index in [0.717, 1.165) is 25.8 Å². The summed E-state index contributed by atoms with van der Waals surface area (Å²) in [5.74, 6) is 1.21. The first-order chi connectivity index (χ1) is 11.4. The van der Waals surface area contributed by atoms with Gasteiger partial charge in [0.15, 0.2) is 0 Å². The largest absolute Gasteiger partial charge is 0.352 e. The SMILES string of the molecule is CS(=O)(=O)N1CCC(Cc2ccc(C(=O)NCC3CC3)cc2)CC1. The van der Waals surface area contributed by atoms with Gasteiger partial charge in [-0.1, -0.05) is 12.1 Å². The van der Waals surface area contributed by atoms with Gasteiger partial charge in [-0.25, -0.2) is 12.7 Å². The van der Waals surface area contributed by atoms with Crippen molar-refractivity contribution < 1.29 is 13.2 Å². The van der Waals surface area contributed by atoms with E-state index in [2.05, 4.69) is 5.32 Å². The van der Waals surface area contributed by atoms with Crippen molar-refractivity contribution in [2.24, 2.45) is 11.8 Å². The molecule has 3 rings (SSSR count). The molecule has 0 bridgehead atoms. The van der Waals surface area contributed by atoms with Crippen LogP contribution in [0.15, 0.2) is 24.3 Å². The van der Waals surface area contributed by atoms with Crippen LogP contribution in [0, 0.1) is 11.8 Å². The van der Waals surface area contributed by atoms with E-state index >= 15 is 0 Å². The third-order valence-corrected chi connectivity index (χ3v) is 6.33. The van der Waals surface area contributed by atoms with Gasteiger partial charge in [-0.05, 0) is 61.6 Å². The van der Waals surface area contributed by atoms with E-state index in [1.807, 2.05) is 24.3 Å². The molecular formula is C18H26N2O3S. The number of carbonyl (C=O) groups excluding carboxylic acids is 1. The Labute approximate surface area is 144 Å². The van der Waals surface area contributed by atoms with Crippen LogP contribution in [-0.2, 0) is 16.4 Å². The highest BCUT2D eigenvalue weighted by molar-refractivity contribution is 7.88. The molecule has 5 nitrogen and oxygen atoms in total. The van der Waals surface area contributed by atoms with Gasteiger partial charge in [-0.2, -0.15) is 0 Å². The second-order valence-electron chi connectivity index (χ2n) is 7.16. The van der Waals surface area contributed by atoms with Gasteiger partial charge in [0.2, 0.25) is 10.0 Å². The van der Waals surface area contributed by atoms with E-state index in [-0.39, 0.29) is 5.91 Å². The van der Waals surface area contributed by atoms with E-state index in [4.69, 9.17) is 0 Å². The lowest BCUT2D eigenvalue weighted by Gasteiger charge is -2.30. The molecule has 0 radical (unpaired) electrons. The fraction of sp³-hybridized carbons (Fsp3) is 0.611. The lowest BCUT2D eigenvalue weighted by Crippen LogP contribution is -2.38. The molecule has 24 heavy (non-hydrogen) atoms. The topological polar surface area (TPSA) is 66.5 Å². The van der Waals surface area contributed by atoms with Crippen LogP contribution < -0.4 is 5.32 Å². The van der Waals surface area contributed by atoms with Crippen LogP contribution in [-0.4, -0.2) is 44.5 Å². The summed E-state index contributed by atoms with van der Waals surface area (Å²) in [6.07, 6.45) is 6.49. The van der Waals surface area contributed by atoms with Gasteiger partial charge in [0.05, 0.1) is 6.26 Å². The Morgan fingerprint density at radius 3 is 2.25 bits per heavy atom. The number of hydrogen-bond acceptors (Lipinski definition) is 3. The molecule has 1 saturated carbocycles. The van der Waals surface area contributed by atoms with Crippen molar-refractivity contribution in [1.82, 2.24) is 9.62 Å². The molecule has 1 saturated heterocycles. The number of piperidine rings is 1. The number of hydrogen-bond donors (Lipinski definition) is 1. The Kier molecular flexibility index (Phi) is 5.25. The van der Waals surface area contributed by atoms with Crippen LogP contribution in [0.5, 0.6) is 0 Å². The van der Waals surface area contributed by atoms with Crippen molar-refractivity contribution in [2.45, 2.75) is 32.1 Å². The van der Waals surface area contributed by atoms with Crippen LogP contribution in [0.3, 0.4) is 0 Å². The molecule has 1 amide bonds. The van der Waals surface area contributed by atoms with Gasteiger partial charge in [0, 0.05) is 25.2 Å². The zero-order valence-corrected chi connectivity index (χ0v) is 15.0. The van der Waals surface area contributed by atoms with E-state index in [1.54, 1.807) is 4.31 Å². The molecule has 1 aliphatic heterocycles. The van der Waals surface area contributed by atoms with Gasteiger partial charge in [-0.15, -0.1) is 0 Å². The van der Waals surface area contributed by atoms with Crippen molar-refractivity contribution in [3.05, 3.63) is 35.4 Å². The molecule has 1 N–H and O–H groups in total. The fourth-order valence-corrected chi connectivity index (χ4v) is 4.11. The monoisotopic (exact) mass is 350 g/mol. The highest BCUT2D eigenvalue weighted by Gasteiger charge is 2.25. The maximum atomic E-state index is 12.0. The molecule has 2 aliphatic rings. The van der Waals surface area contributed by atoms with Crippen molar-refractivity contribution in [3.63, 3.8) is 0 Å². The summed E-state index contributed by atoms with van der Waals surface area (Å²) in [4.78, 5) is 12.0. The van der Waals surface area contributed by atoms with Crippen molar-refractivity contribution >= 4 is 15.9 Å². The zero-order chi connectivity index (χ0) is 17.2. The Bertz CT molecular complexity index is 673. The van der Waals surface area contributed by atoms with Crippen molar-refractivity contribution in [2.75, 3.05) is 25.9 Å². The number of benzene rings is 1. The summed E-state index contributed by atoms with van der Waals surface area (Å²) < 4.78 is 24.6.